The number of fused-ring (bicyclic) bond motifs is 9. The molecule has 0 radical (unpaired) electrons. The smallest absolute Gasteiger partial charge is 0.0661 e. The van der Waals surface area contributed by atoms with Gasteiger partial charge in [-0.3, -0.25) is 0 Å². The molecule has 40 heavy (non-hydrogen) atoms. The van der Waals surface area contributed by atoms with Gasteiger partial charge in [-0.25, -0.2) is 0 Å². The maximum atomic E-state index is 2.48. The van der Waals surface area contributed by atoms with Crippen molar-refractivity contribution >= 4 is 75.1 Å². The zero-order valence-electron chi connectivity index (χ0n) is 21.9. The fraction of sp³-hybridized carbons (Fsp3) is 0.0270. The van der Waals surface area contributed by atoms with Crippen molar-refractivity contribution in [2.75, 3.05) is 0 Å². The second-order valence-corrected chi connectivity index (χ2v) is 11.7. The molecule has 0 bridgehead atoms. The summed E-state index contributed by atoms with van der Waals surface area (Å²) in [7, 11) is 0. The highest BCUT2D eigenvalue weighted by Gasteiger charge is 2.20. The van der Waals surface area contributed by atoms with Gasteiger partial charge in [0.25, 0.3) is 0 Å². The van der Waals surface area contributed by atoms with Gasteiger partial charge in [0.05, 0.1) is 32.5 Å². The van der Waals surface area contributed by atoms with Gasteiger partial charge in [0, 0.05) is 42.7 Å². The van der Waals surface area contributed by atoms with Crippen LogP contribution in [0.1, 0.15) is 5.56 Å². The van der Waals surface area contributed by atoms with E-state index < -0.39 is 0 Å². The summed E-state index contributed by atoms with van der Waals surface area (Å²) in [6.07, 6.45) is 0. The van der Waals surface area contributed by atoms with Gasteiger partial charge < -0.3 is 9.13 Å². The van der Waals surface area contributed by atoms with Gasteiger partial charge in [0.15, 0.2) is 0 Å². The van der Waals surface area contributed by atoms with E-state index in [1.54, 1.807) is 0 Å². The van der Waals surface area contributed by atoms with E-state index in [0.717, 1.165) is 0 Å². The average Bonchev–Trinajstić information content (AvgIpc) is 3.64. The summed E-state index contributed by atoms with van der Waals surface area (Å²) in [5.74, 6) is 0. The Hall–Kier alpha value is -4.86. The Balaban J connectivity index is 1.50. The normalized spacial score (nSPS) is 12.1. The summed E-state index contributed by atoms with van der Waals surface area (Å²) in [4.78, 5) is 0. The molecule has 9 rings (SSSR count). The highest BCUT2D eigenvalue weighted by molar-refractivity contribution is 7.26. The molecule has 3 heteroatoms. The molecule has 6 aromatic carbocycles. The summed E-state index contributed by atoms with van der Waals surface area (Å²) in [6.45, 7) is 2.19. The third-order valence-corrected chi connectivity index (χ3v) is 9.56. The number of hydrogen-bond acceptors (Lipinski definition) is 1. The topological polar surface area (TPSA) is 9.86 Å². The molecular formula is C37H24N2S. The minimum atomic E-state index is 1.18. The van der Waals surface area contributed by atoms with Gasteiger partial charge in [-0.1, -0.05) is 84.4 Å². The van der Waals surface area contributed by atoms with Crippen LogP contribution >= 0.6 is 11.3 Å². The van der Waals surface area contributed by atoms with Crippen LogP contribution in [-0.2, 0) is 0 Å². The summed E-state index contributed by atoms with van der Waals surface area (Å²) in [6, 6.07) is 46.8. The lowest BCUT2D eigenvalue weighted by Crippen LogP contribution is -1.99. The lowest BCUT2D eigenvalue weighted by Gasteiger charge is -2.14. The molecule has 2 nitrogen and oxygen atoms in total. The molecular weight excluding hydrogens is 504 g/mol. The van der Waals surface area contributed by atoms with Crippen molar-refractivity contribution in [2.24, 2.45) is 0 Å². The Bertz CT molecular complexity index is 2340. The quantitative estimate of drug-likeness (QED) is 0.211. The summed E-state index contributed by atoms with van der Waals surface area (Å²) < 4.78 is 7.56. The van der Waals surface area contributed by atoms with E-state index in [2.05, 4.69) is 143 Å². The Morgan fingerprint density at radius 2 is 0.950 bits per heavy atom. The predicted molar refractivity (Wildman–Crippen MR) is 173 cm³/mol. The van der Waals surface area contributed by atoms with Crippen molar-refractivity contribution < 1.29 is 0 Å². The fourth-order valence-corrected chi connectivity index (χ4v) is 7.81. The van der Waals surface area contributed by atoms with Crippen LogP contribution in [0, 0.1) is 6.92 Å². The molecule has 0 N–H and O–H groups in total. The first kappa shape index (κ1) is 22.0. The van der Waals surface area contributed by atoms with E-state index in [4.69, 9.17) is 0 Å². The first-order valence-electron chi connectivity index (χ1n) is 13.7. The monoisotopic (exact) mass is 528 g/mol. The fourth-order valence-electron chi connectivity index (χ4n) is 6.64. The molecule has 0 saturated carbocycles. The molecule has 0 aliphatic carbocycles. The summed E-state index contributed by atoms with van der Waals surface area (Å²) in [5.41, 5.74) is 8.62. The Labute approximate surface area is 234 Å². The first-order valence-corrected chi connectivity index (χ1v) is 14.5. The van der Waals surface area contributed by atoms with E-state index in [0.29, 0.717) is 0 Å². The number of aromatic nitrogens is 2. The van der Waals surface area contributed by atoms with Crippen molar-refractivity contribution in [3.05, 3.63) is 133 Å². The van der Waals surface area contributed by atoms with Crippen LogP contribution in [0.2, 0.25) is 0 Å². The van der Waals surface area contributed by atoms with Crippen molar-refractivity contribution in [3.8, 4) is 11.4 Å². The van der Waals surface area contributed by atoms with Gasteiger partial charge in [-0.15, -0.1) is 11.3 Å². The van der Waals surface area contributed by atoms with Gasteiger partial charge in [-0.2, -0.15) is 0 Å². The zero-order valence-corrected chi connectivity index (χ0v) is 22.7. The Morgan fingerprint density at radius 3 is 1.50 bits per heavy atom. The lowest BCUT2D eigenvalue weighted by atomic mass is 10.1. The van der Waals surface area contributed by atoms with Crippen molar-refractivity contribution in [1.82, 2.24) is 9.13 Å². The van der Waals surface area contributed by atoms with Crippen LogP contribution in [0.3, 0.4) is 0 Å². The maximum Gasteiger partial charge on any atom is 0.0661 e. The van der Waals surface area contributed by atoms with E-state index in [9.17, 15) is 0 Å². The molecule has 0 spiro atoms. The molecule has 3 aromatic heterocycles. The molecule has 0 fully saturated rings. The zero-order chi connectivity index (χ0) is 26.4. The second-order valence-electron chi connectivity index (χ2n) is 10.7. The average molecular weight is 529 g/mol. The van der Waals surface area contributed by atoms with Crippen LogP contribution in [-0.4, -0.2) is 9.13 Å². The largest absolute Gasteiger partial charge is 0.309 e. The van der Waals surface area contributed by atoms with Crippen LogP contribution in [0.5, 0.6) is 0 Å². The third-order valence-electron chi connectivity index (χ3n) is 8.35. The molecule has 9 aromatic rings. The van der Waals surface area contributed by atoms with Crippen molar-refractivity contribution in [3.63, 3.8) is 0 Å². The minimum Gasteiger partial charge on any atom is -0.309 e. The number of aryl methyl sites for hydroxylation is 1. The number of thiophene rings is 1. The number of para-hydroxylation sites is 4. The first-order chi connectivity index (χ1) is 19.8. The summed E-state index contributed by atoms with van der Waals surface area (Å²) in [5, 5.41) is 7.76. The van der Waals surface area contributed by atoms with E-state index in [1.807, 2.05) is 11.3 Å². The molecule has 3 heterocycles. The van der Waals surface area contributed by atoms with E-state index >= 15 is 0 Å². The van der Waals surface area contributed by atoms with E-state index in [-0.39, 0.29) is 0 Å². The predicted octanol–water partition coefficient (Wildman–Crippen LogP) is 10.6. The van der Waals surface area contributed by atoms with Crippen molar-refractivity contribution in [2.45, 2.75) is 6.92 Å². The van der Waals surface area contributed by atoms with Gasteiger partial charge in [0.2, 0.25) is 0 Å². The SMILES string of the molecule is Cc1ccc2sc3c(-n4c5ccccc5c5ccccc54)cc(-n4c5ccccc5c5ccccc54)cc3c2c1. The van der Waals surface area contributed by atoms with Gasteiger partial charge in [0.1, 0.15) is 0 Å². The molecule has 188 valence electrons. The summed E-state index contributed by atoms with van der Waals surface area (Å²) >= 11 is 1.90. The molecule has 0 aliphatic rings. The Kier molecular flexibility index (Phi) is 4.44. The molecule has 0 atom stereocenters. The number of benzene rings is 6. The molecule has 0 aliphatic heterocycles. The van der Waals surface area contributed by atoms with Gasteiger partial charge >= 0.3 is 0 Å². The highest BCUT2D eigenvalue weighted by atomic mass is 32.1. The standard InChI is InChI=1S/C37H24N2S/c1-23-18-19-36-29(20-23)30-21-24(38-31-14-6-2-10-25(31)26-11-3-7-15-32(26)38)22-35(37(30)40-36)39-33-16-8-4-12-27(33)28-13-5-9-17-34(28)39/h2-22H,1H3. The third kappa shape index (κ3) is 2.93. The molecule has 0 unspecified atom stereocenters. The number of rotatable bonds is 2. The van der Waals surface area contributed by atoms with Crippen LogP contribution in [0.4, 0.5) is 0 Å². The van der Waals surface area contributed by atoms with Gasteiger partial charge in [-0.05, 0) is 55.5 Å². The molecule has 0 saturated heterocycles. The Morgan fingerprint density at radius 1 is 0.450 bits per heavy atom. The number of nitrogens with zero attached hydrogens (tertiary/aromatic N) is 2. The lowest BCUT2D eigenvalue weighted by molar-refractivity contribution is 1.15. The number of hydrogen-bond donors (Lipinski definition) is 0. The van der Waals surface area contributed by atoms with Crippen LogP contribution in [0.15, 0.2) is 127 Å². The minimum absolute atomic E-state index is 1.18. The second kappa shape index (κ2) is 8.08. The van der Waals surface area contributed by atoms with Crippen LogP contribution in [0.25, 0.3) is 75.2 Å². The van der Waals surface area contributed by atoms with Crippen molar-refractivity contribution in [1.29, 1.82) is 0 Å². The maximum absolute atomic E-state index is 2.48. The van der Waals surface area contributed by atoms with Crippen LogP contribution < -0.4 is 0 Å². The highest BCUT2D eigenvalue weighted by Crippen LogP contribution is 2.43. The van der Waals surface area contributed by atoms with E-state index in [1.165, 1.54) is 80.7 Å². The molecule has 0 amide bonds.